The Morgan fingerprint density at radius 3 is 2.38 bits per heavy atom. The van der Waals surface area contributed by atoms with Gasteiger partial charge in [0, 0.05) is 37.3 Å². The Hall–Kier alpha value is -2.69. The number of aromatic nitrogens is 1. The van der Waals surface area contributed by atoms with Crippen molar-refractivity contribution in [2.45, 2.75) is 45.1 Å². The normalized spacial score (nSPS) is 14.2. The molecule has 10 heteroatoms. The molecule has 0 N–H and O–H groups in total. The molecule has 34 heavy (non-hydrogen) atoms. The fourth-order valence-electron chi connectivity index (χ4n) is 3.85. The Labute approximate surface area is 203 Å². The molecule has 2 aromatic carbocycles. The highest BCUT2D eigenvalue weighted by atomic mass is 32.2. The zero-order chi connectivity index (χ0) is 24.3. The highest BCUT2D eigenvalue weighted by Crippen LogP contribution is 2.35. The SMILES string of the molecule is CCCCN(CC)S(=O)(=O)c1ccc(C(=O)N=c2sc3cc4c(cc3n2CC)OCCO4)cc1. The molecule has 0 spiro atoms. The maximum absolute atomic E-state index is 12.9. The van der Waals surface area contributed by atoms with Gasteiger partial charge in [-0.15, -0.1) is 0 Å². The standard InChI is InChI=1S/C24H29N3O5S2/c1-4-7-12-26(5-2)34(29,30)18-10-8-17(9-11-18)23(28)25-24-27(6-3)19-15-20-21(16-22(19)33-24)32-14-13-31-20/h8-11,15-16H,4-7,12-14H2,1-3H3. The van der Waals surface area contributed by atoms with Crippen molar-refractivity contribution < 1.29 is 22.7 Å². The number of unbranched alkanes of at least 4 members (excludes halogenated alkanes) is 1. The molecule has 0 bridgehead atoms. The third-order valence-corrected chi connectivity index (χ3v) is 8.74. The monoisotopic (exact) mass is 503 g/mol. The van der Waals surface area contributed by atoms with E-state index in [4.69, 9.17) is 9.47 Å². The molecule has 1 amide bonds. The molecule has 0 aliphatic carbocycles. The van der Waals surface area contributed by atoms with Crippen molar-refractivity contribution >= 4 is 37.5 Å². The van der Waals surface area contributed by atoms with Crippen molar-refractivity contribution in [2.24, 2.45) is 4.99 Å². The summed E-state index contributed by atoms with van der Waals surface area (Å²) in [5.41, 5.74) is 1.26. The topological polar surface area (TPSA) is 90.2 Å². The second-order valence-electron chi connectivity index (χ2n) is 7.88. The molecule has 1 aliphatic heterocycles. The summed E-state index contributed by atoms with van der Waals surface area (Å²) >= 11 is 1.40. The van der Waals surface area contributed by atoms with E-state index in [0.29, 0.717) is 54.7 Å². The van der Waals surface area contributed by atoms with Gasteiger partial charge in [0.2, 0.25) is 10.0 Å². The molecule has 0 unspecified atom stereocenters. The van der Waals surface area contributed by atoms with Crippen LogP contribution in [0.5, 0.6) is 11.5 Å². The van der Waals surface area contributed by atoms with Crippen LogP contribution < -0.4 is 14.3 Å². The zero-order valence-electron chi connectivity index (χ0n) is 19.6. The Bertz CT molecular complexity index is 1360. The molecule has 1 aliphatic rings. The third-order valence-electron chi connectivity index (χ3n) is 5.71. The van der Waals surface area contributed by atoms with Crippen LogP contribution in [0.15, 0.2) is 46.3 Å². The first-order valence-electron chi connectivity index (χ1n) is 11.5. The van der Waals surface area contributed by atoms with E-state index in [1.807, 2.05) is 37.5 Å². The summed E-state index contributed by atoms with van der Waals surface area (Å²) in [6.07, 6.45) is 1.72. The molecule has 2 heterocycles. The second-order valence-corrected chi connectivity index (χ2v) is 10.8. The average molecular weight is 504 g/mol. The first kappa shape index (κ1) is 24.4. The number of thiazole rings is 1. The largest absolute Gasteiger partial charge is 0.486 e. The van der Waals surface area contributed by atoms with Crippen LogP contribution in [0.1, 0.15) is 44.0 Å². The van der Waals surface area contributed by atoms with E-state index in [1.165, 1.54) is 39.9 Å². The fraction of sp³-hybridized carbons (Fsp3) is 0.417. The van der Waals surface area contributed by atoms with Crippen molar-refractivity contribution in [1.82, 2.24) is 8.87 Å². The summed E-state index contributed by atoms with van der Waals surface area (Å²) < 4.78 is 41.6. The van der Waals surface area contributed by atoms with E-state index in [0.717, 1.165) is 23.1 Å². The van der Waals surface area contributed by atoms with Gasteiger partial charge in [-0.1, -0.05) is 31.6 Å². The van der Waals surface area contributed by atoms with E-state index < -0.39 is 15.9 Å². The summed E-state index contributed by atoms with van der Waals surface area (Å²) in [4.78, 5) is 18.0. The van der Waals surface area contributed by atoms with Gasteiger partial charge in [-0.25, -0.2) is 8.42 Å². The Morgan fingerprint density at radius 1 is 1.09 bits per heavy atom. The van der Waals surface area contributed by atoms with E-state index in [-0.39, 0.29) is 4.90 Å². The minimum atomic E-state index is -3.60. The van der Waals surface area contributed by atoms with Crippen molar-refractivity contribution in [3.8, 4) is 11.5 Å². The molecule has 0 fully saturated rings. The highest BCUT2D eigenvalue weighted by molar-refractivity contribution is 7.89. The number of benzene rings is 2. The number of amides is 1. The summed E-state index contributed by atoms with van der Waals surface area (Å²) in [7, 11) is -3.60. The van der Waals surface area contributed by atoms with E-state index in [1.54, 1.807) is 0 Å². The number of aryl methyl sites for hydroxylation is 1. The smallest absolute Gasteiger partial charge is 0.279 e. The maximum atomic E-state index is 12.9. The number of hydrogen-bond donors (Lipinski definition) is 0. The number of sulfonamides is 1. The molecule has 0 atom stereocenters. The zero-order valence-corrected chi connectivity index (χ0v) is 21.2. The van der Waals surface area contributed by atoms with Crippen LogP contribution in [0.4, 0.5) is 0 Å². The number of rotatable bonds is 8. The number of ether oxygens (including phenoxy) is 2. The summed E-state index contributed by atoms with van der Waals surface area (Å²) in [5, 5.41) is 0. The lowest BCUT2D eigenvalue weighted by atomic mass is 10.2. The van der Waals surface area contributed by atoms with Gasteiger partial charge >= 0.3 is 0 Å². The number of carbonyl (C=O) groups excluding carboxylic acids is 1. The van der Waals surface area contributed by atoms with Gasteiger partial charge in [0.1, 0.15) is 13.2 Å². The summed E-state index contributed by atoms with van der Waals surface area (Å²) in [5.74, 6) is 0.958. The number of hydrogen-bond acceptors (Lipinski definition) is 6. The Kier molecular flexibility index (Phi) is 7.39. The lowest BCUT2D eigenvalue weighted by Crippen LogP contribution is -2.31. The lowest BCUT2D eigenvalue weighted by Gasteiger charge is -2.20. The molecular formula is C24H29N3O5S2. The van der Waals surface area contributed by atoms with E-state index in [2.05, 4.69) is 4.99 Å². The third kappa shape index (κ3) is 4.75. The molecule has 0 radical (unpaired) electrons. The molecule has 8 nitrogen and oxygen atoms in total. The molecule has 182 valence electrons. The van der Waals surface area contributed by atoms with Gasteiger partial charge in [0.05, 0.1) is 15.1 Å². The van der Waals surface area contributed by atoms with Crippen LogP contribution in [0.25, 0.3) is 10.2 Å². The first-order valence-corrected chi connectivity index (χ1v) is 13.8. The lowest BCUT2D eigenvalue weighted by molar-refractivity contribution is 0.0997. The van der Waals surface area contributed by atoms with Crippen LogP contribution in [-0.4, -0.2) is 49.5 Å². The molecule has 0 saturated heterocycles. The molecule has 4 rings (SSSR count). The van der Waals surface area contributed by atoms with Crippen LogP contribution in [0, 0.1) is 0 Å². The number of nitrogens with zero attached hydrogens (tertiary/aromatic N) is 3. The Balaban J connectivity index is 1.64. The van der Waals surface area contributed by atoms with E-state index in [9.17, 15) is 13.2 Å². The Morgan fingerprint density at radius 2 is 1.76 bits per heavy atom. The van der Waals surface area contributed by atoms with Crippen LogP contribution in [0.3, 0.4) is 0 Å². The average Bonchev–Trinajstić information content (AvgIpc) is 3.18. The summed E-state index contributed by atoms with van der Waals surface area (Å²) in [6.45, 7) is 8.37. The van der Waals surface area contributed by atoms with Gasteiger partial charge in [-0.3, -0.25) is 4.79 Å². The second kappa shape index (κ2) is 10.3. The van der Waals surface area contributed by atoms with Crippen LogP contribution in [0.2, 0.25) is 0 Å². The van der Waals surface area contributed by atoms with Crippen LogP contribution >= 0.6 is 11.3 Å². The van der Waals surface area contributed by atoms with Crippen molar-refractivity contribution in [1.29, 1.82) is 0 Å². The van der Waals surface area contributed by atoms with Gasteiger partial charge in [0.15, 0.2) is 16.3 Å². The van der Waals surface area contributed by atoms with Crippen molar-refractivity contribution in [2.75, 3.05) is 26.3 Å². The maximum Gasteiger partial charge on any atom is 0.279 e. The predicted molar refractivity (Wildman–Crippen MR) is 132 cm³/mol. The van der Waals surface area contributed by atoms with Crippen molar-refractivity contribution in [3.05, 3.63) is 46.8 Å². The van der Waals surface area contributed by atoms with Crippen molar-refractivity contribution in [3.63, 3.8) is 0 Å². The minimum Gasteiger partial charge on any atom is -0.486 e. The molecule has 0 saturated carbocycles. The first-order chi connectivity index (χ1) is 16.4. The molecule has 1 aromatic heterocycles. The quantitative estimate of drug-likeness (QED) is 0.463. The molecular weight excluding hydrogens is 474 g/mol. The highest BCUT2D eigenvalue weighted by Gasteiger charge is 2.23. The molecule has 3 aromatic rings. The number of carbonyl (C=O) groups is 1. The van der Waals surface area contributed by atoms with Gasteiger partial charge < -0.3 is 14.0 Å². The number of fused-ring (bicyclic) bond motifs is 2. The van der Waals surface area contributed by atoms with Crippen LogP contribution in [-0.2, 0) is 16.6 Å². The predicted octanol–water partition coefficient (Wildman–Crippen LogP) is 4.05. The van der Waals surface area contributed by atoms with Gasteiger partial charge in [0.25, 0.3) is 5.91 Å². The fourth-order valence-corrected chi connectivity index (χ4v) is 6.44. The summed E-state index contributed by atoms with van der Waals surface area (Å²) in [6, 6.07) is 9.85. The minimum absolute atomic E-state index is 0.179. The van der Waals surface area contributed by atoms with E-state index >= 15 is 0 Å². The van der Waals surface area contributed by atoms with Gasteiger partial charge in [-0.05, 0) is 37.6 Å². The van der Waals surface area contributed by atoms with Gasteiger partial charge in [-0.2, -0.15) is 9.30 Å².